The minimum atomic E-state index is -1.18. The molecule has 6 heteroatoms. The Kier molecular flexibility index (Phi) is 3.96. The van der Waals surface area contributed by atoms with Crippen molar-refractivity contribution < 1.29 is 18.4 Å². The van der Waals surface area contributed by atoms with Gasteiger partial charge in [-0.05, 0) is 12.8 Å². The van der Waals surface area contributed by atoms with Crippen LogP contribution in [-0.4, -0.2) is 35.9 Å². The van der Waals surface area contributed by atoms with E-state index in [2.05, 4.69) is 0 Å². The van der Waals surface area contributed by atoms with Crippen molar-refractivity contribution in [1.29, 1.82) is 0 Å². The monoisotopic (exact) mass is 302 g/mol. The summed E-state index contributed by atoms with van der Waals surface area (Å²) in [7, 11) is -1.18. The number of hydrogen-bond acceptors (Lipinski definition) is 4. The molecule has 1 aromatic rings. The third kappa shape index (κ3) is 2.88. The SMILES string of the molecule is O=S(CC1CCCO1)c1cc2c(cc1Cl)OCCO2. The summed E-state index contributed by atoms with van der Waals surface area (Å²) in [6, 6.07) is 3.40. The first kappa shape index (κ1) is 13.2. The summed E-state index contributed by atoms with van der Waals surface area (Å²) in [5, 5.41) is 0.459. The van der Waals surface area contributed by atoms with Crippen LogP contribution in [0.1, 0.15) is 12.8 Å². The zero-order valence-electron chi connectivity index (χ0n) is 10.4. The van der Waals surface area contributed by atoms with Crippen LogP contribution in [0.2, 0.25) is 5.02 Å². The van der Waals surface area contributed by atoms with Crippen LogP contribution in [0.25, 0.3) is 0 Å². The Morgan fingerprint density at radius 1 is 1.21 bits per heavy atom. The van der Waals surface area contributed by atoms with Gasteiger partial charge in [0.2, 0.25) is 0 Å². The van der Waals surface area contributed by atoms with Gasteiger partial charge in [-0.3, -0.25) is 4.21 Å². The van der Waals surface area contributed by atoms with Crippen LogP contribution in [-0.2, 0) is 15.5 Å². The van der Waals surface area contributed by atoms with Gasteiger partial charge in [0.15, 0.2) is 11.5 Å². The van der Waals surface area contributed by atoms with Gasteiger partial charge in [0, 0.05) is 18.7 Å². The average molecular weight is 303 g/mol. The lowest BCUT2D eigenvalue weighted by molar-refractivity contribution is 0.128. The third-order valence-corrected chi connectivity index (χ3v) is 5.13. The molecular formula is C13H15ClO4S. The van der Waals surface area contributed by atoms with Crippen LogP contribution in [0.4, 0.5) is 0 Å². The molecule has 3 rings (SSSR count). The number of halogens is 1. The van der Waals surface area contributed by atoms with Crippen molar-refractivity contribution in [3.8, 4) is 11.5 Å². The molecule has 0 radical (unpaired) electrons. The molecule has 2 atom stereocenters. The lowest BCUT2D eigenvalue weighted by Crippen LogP contribution is -2.18. The Balaban J connectivity index is 1.81. The van der Waals surface area contributed by atoms with Crippen molar-refractivity contribution >= 4 is 22.4 Å². The first-order chi connectivity index (χ1) is 9.24. The Labute approximate surface area is 119 Å². The highest BCUT2D eigenvalue weighted by atomic mass is 35.5. The van der Waals surface area contributed by atoms with E-state index in [-0.39, 0.29) is 6.10 Å². The summed E-state index contributed by atoms with van der Waals surface area (Å²) >= 11 is 6.17. The summed E-state index contributed by atoms with van der Waals surface area (Å²) in [4.78, 5) is 0.599. The first-order valence-electron chi connectivity index (χ1n) is 6.33. The van der Waals surface area contributed by atoms with Crippen molar-refractivity contribution in [2.45, 2.75) is 23.8 Å². The smallest absolute Gasteiger partial charge is 0.162 e. The molecular weight excluding hydrogens is 288 g/mol. The third-order valence-electron chi connectivity index (χ3n) is 3.20. The molecule has 0 aromatic heterocycles. The molecule has 1 aromatic carbocycles. The van der Waals surface area contributed by atoms with E-state index in [0.717, 1.165) is 19.4 Å². The fourth-order valence-corrected chi connectivity index (χ4v) is 3.96. The van der Waals surface area contributed by atoms with Crippen molar-refractivity contribution in [3.63, 3.8) is 0 Å². The largest absolute Gasteiger partial charge is 0.486 e. The standard InChI is InChI=1S/C13H15ClO4S/c14-10-6-11-12(18-5-4-17-11)7-13(10)19(15)8-9-2-1-3-16-9/h6-7,9H,1-5,8H2. The molecule has 19 heavy (non-hydrogen) atoms. The lowest BCUT2D eigenvalue weighted by atomic mass is 10.3. The molecule has 0 N–H and O–H groups in total. The second-order valence-corrected chi connectivity index (χ2v) is 6.44. The van der Waals surface area contributed by atoms with E-state index in [4.69, 9.17) is 25.8 Å². The van der Waals surface area contributed by atoms with E-state index in [9.17, 15) is 4.21 Å². The maximum atomic E-state index is 12.4. The fraction of sp³-hybridized carbons (Fsp3) is 0.538. The van der Waals surface area contributed by atoms with E-state index < -0.39 is 10.8 Å². The van der Waals surface area contributed by atoms with E-state index in [1.165, 1.54) is 0 Å². The second-order valence-electron chi connectivity index (χ2n) is 4.57. The molecule has 2 aliphatic rings. The Hall–Kier alpha value is -0.780. The summed E-state index contributed by atoms with van der Waals surface area (Å²) in [5.74, 6) is 1.72. The minimum absolute atomic E-state index is 0.0742. The molecule has 1 fully saturated rings. The van der Waals surface area contributed by atoms with Gasteiger partial charge in [0.05, 0.1) is 32.6 Å². The van der Waals surface area contributed by atoms with Gasteiger partial charge in [-0.15, -0.1) is 0 Å². The Bertz CT molecular complexity index is 500. The number of fused-ring (bicyclic) bond motifs is 1. The number of hydrogen-bond donors (Lipinski definition) is 0. The van der Waals surface area contributed by atoms with Crippen molar-refractivity contribution in [2.24, 2.45) is 0 Å². The van der Waals surface area contributed by atoms with Crippen LogP contribution < -0.4 is 9.47 Å². The van der Waals surface area contributed by atoms with E-state index in [1.54, 1.807) is 12.1 Å². The molecule has 0 spiro atoms. The zero-order chi connectivity index (χ0) is 13.2. The van der Waals surface area contributed by atoms with Gasteiger partial charge in [0.1, 0.15) is 13.2 Å². The molecule has 4 nitrogen and oxygen atoms in total. The van der Waals surface area contributed by atoms with Gasteiger partial charge in [-0.2, -0.15) is 0 Å². The number of benzene rings is 1. The molecule has 104 valence electrons. The zero-order valence-corrected chi connectivity index (χ0v) is 12.0. The molecule has 2 aliphatic heterocycles. The molecule has 0 aliphatic carbocycles. The highest BCUT2D eigenvalue weighted by molar-refractivity contribution is 7.85. The van der Waals surface area contributed by atoms with Crippen molar-refractivity contribution in [3.05, 3.63) is 17.2 Å². The predicted molar refractivity (Wildman–Crippen MR) is 72.7 cm³/mol. The normalized spacial score (nSPS) is 23.3. The second kappa shape index (κ2) is 5.69. The van der Waals surface area contributed by atoms with E-state index >= 15 is 0 Å². The first-order valence-corrected chi connectivity index (χ1v) is 8.03. The quantitative estimate of drug-likeness (QED) is 0.860. The van der Waals surface area contributed by atoms with Gasteiger partial charge in [-0.25, -0.2) is 0 Å². The van der Waals surface area contributed by atoms with Crippen molar-refractivity contribution in [2.75, 3.05) is 25.6 Å². The van der Waals surface area contributed by atoms with Crippen molar-refractivity contribution in [1.82, 2.24) is 0 Å². The average Bonchev–Trinajstić information content (AvgIpc) is 2.90. The predicted octanol–water partition coefficient (Wildman–Crippen LogP) is 2.40. The maximum absolute atomic E-state index is 12.4. The summed E-state index contributed by atoms with van der Waals surface area (Å²) in [5.41, 5.74) is 0. The van der Waals surface area contributed by atoms with Crippen LogP contribution in [0.3, 0.4) is 0 Å². The molecule has 0 saturated carbocycles. The molecule has 2 unspecified atom stereocenters. The van der Waals surface area contributed by atoms with E-state index in [1.807, 2.05) is 0 Å². The Morgan fingerprint density at radius 3 is 2.63 bits per heavy atom. The summed E-state index contributed by atoms with van der Waals surface area (Å²) in [6.45, 7) is 1.78. The van der Waals surface area contributed by atoms with Crippen LogP contribution >= 0.6 is 11.6 Å². The lowest BCUT2D eigenvalue weighted by Gasteiger charge is -2.20. The minimum Gasteiger partial charge on any atom is -0.486 e. The van der Waals surface area contributed by atoms with Crippen LogP contribution in [0.15, 0.2) is 17.0 Å². The number of ether oxygens (including phenoxy) is 3. The fourth-order valence-electron chi connectivity index (χ4n) is 2.25. The summed E-state index contributed by atoms with van der Waals surface area (Å²) in [6.07, 6.45) is 2.08. The van der Waals surface area contributed by atoms with Gasteiger partial charge >= 0.3 is 0 Å². The Morgan fingerprint density at radius 2 is 1.95 bits per heavy atom. The molecule has 1 saturated heterocycles. The van der Waals surface area contributed by atoms with Crippen LogP contribution in [0.5, 0.6) is 11.5 Å². The summed E-state index contributed by atoms with van der Waals surface area (Å²) < 4.78 is 28.8. The highest BCUT2D eigenvalue weighted by Gasteiger charge is 2.23. The molecule has 0 bridgehead atoms. The van der Waals surface area contributed by atoms with Gasteiger partial charge in [0.25, 0.3) is 0 Å². The molecule has 0 amide bonds. The number of rotatable bonds is 3. The topological polar surface area (TPSA) is 44.8 Å². The van der Waals surface area contributed by atoms with Gasteiger partial charge in [-0.1, -0.05) is 11.6 Å². The molecule has 2 heterocycles. The van der Waals surface area contributed by atoms with E-state index in [0.29, 0.717) is 40.4 Å². The maximum Gasteiger partial charge on any atom is 0.162 e. The van der Waals surface area contributed by atoms with Crippen LogP contribution in [0, 0.1) is 0 Å². The highest BCUT2D eigenvalue weighted by Crippen LogP contribution is 2.37. The van der Waals surface area contributed by atoms with Gasteiger partial charge < -0.3 is 14.2 Å².